The van der Waals surface area contributed by atoms with Crippen LogP contribution in [0.5, 0.6) is 0 Å². The second-order valence-electron chi connectivity index (χ2n) is 5.43. The Balaban J connectivity index is 2.27. The van der Waals surface area contributed by atoms with E-state index in [4.69, 9.17) is 0 Å². The van der Waals surface area contributed by atoms with Crippen LogP contribution in [0.4, 0.5) is 0 Å². The van der Waals surface area contributed by atoms with Gasteiger partial charge in [-0.05, 0) is 55.6 Å². The average Bonchev–Trinajstić information content (AvgIpc) is 2.44. The topological polar surface area (TPSA) is 24.9 Å². The third-order valence-corrected chi connectivity index (χ3v) is 3.90. The minimum Gasteiger partial charge on any atom is -0.310 e. The summed E-state index contributed by atoms with van der Waals surface area (Å²) in [7, 11) is 0. The summed E-state index contributed by atoms with van der Waals surface area (Å²) in [5, 5.41) is 3.58. The zero-order chi connectivity index (χ0) is 14.5. The molecule has 0 saturated carbocycles. The first-order valence-electron chi connectivity index (χ1n) is 7.32. The van der Waals surface area contributed by atoms with Crippen LogP contribution in [-0.4, -0.2) is 11.5 Å². The SMILES string of the molecule is CCNC(Cc1ncccc1C)c1ccc(C)c(C)c1. The molecule has 0 fully saturated rings. The van der Waals surface area contributed by atoms with Crippen molar-refractivity contribution in [3.63, 3.8) is 0 Å². The Morgan fingerprint density at radius 1 is 1.05 bits per heavy atom. The molecule has 0 amide bonds. The summed E-state index contributed by atoms with van der Waals surface area (Å²) in [6, 6.07) is 11.2. The Morgan fingerprint density at radius 3 is 2.50 bits per heavy atom. The van der Waals surface area contributed by atoms with Crippen molar-refractivity contribution in [1.29, 1.82) is 0 Å². The fraction of sp³-hybridized carbons (Fsp3) is 0.389. The lowest BCUT2D eigenvalue weighted by atomic mass is 9.96. The Morgan fingerprint density at radius 2 is 1.85 bits per heavy atom. The van der Waals surface area contributed by atoms with E-state index in [9.17, 15) is 0 Å². The van der Waals surface area contributed by atoms with Crippen LogP contribution in [0.25, 0.3) is 0 Å². The summed E-state index contributed by atoms with van der Waals surface area (Å²) in [6.07, 6.45) is 2.81. The van der Waals surface area contributed by atoms with Gasteiger partial charge in [0.15, 0.2) is 0 Å². The summed E-state index contributed by atoms with van der Waals surface area (Å²) in [5.74, 6) is 0. The molecule has 1 aromatic carbocycles. The van der Waals surface area contributed by atoms with Crippen molar-refractivity contribution in [3.05, 3.63) is 64.5 Å². The molecule has 0 aliphatic rings. The van der Waals surface area contributed by atoms with Crippen LogP contribution in [0, 0.1) is 20.8 Å². The van der Waals surface area contributed by atoms with Crippen molar-refractivity contribution in [2.45, 2.75) is 40.2 Å². The first-order valence-corrected chi connectivity index (χ1v) is 7.32. The predicted molar refractivity (Wildman–Crippen MR) is 85.0 cm³/mol. The molecule has 2 aromatic rings. The number of hydrogen-bond acceptors (Lipinski definition) is 2. The van der Waals surface area contributed by atoms with Gasteiger partial charge in [-0.3, -0.25) is 4.98 Å². The average molecular weight is 268 g/mol. The van der Waals surface area contributed by atoms with E-state index >= 15 is 0 Å². The second-order valence-corrected chi connectivity index (χ2v) is 5.43. The van der Waals surface area contributed by atoms with Gasteiger partial charge in [0.1, 0.15) is 0 Å². The summed E-state index contributed by atoms with van der Waals surface area (Å²) in [5.41, 5.74) is 6.48. The lowest BCUT2D eigenvalue weighted by molar-refractivity contribution is 0.542. The number of rotatable bonds is 5. The summed E-state index contributed by atoms with van der Waals surface area (Å²) >= 11 is 0. The molecule has 0 saturated heterocycles. The Hall–Kier alpha value is -1.67. The van der Waals surface area contributed by atoms with Gasteiger partial charge in [-0.2, -0.15) is 0 Å². The molecule has 1 atom stereocenters. The van der Waals surface area contributed by atoms with Crippen molar-refractivity contribution in [1.82, 2.24) is 10.3 Å². The molecule has 20 heavy (non-hydrogen) atoms. The van der Waals surface area contributed by atoms with E-state index in [1.807, 2.05) is 12.3 Å². The van der Waals surface area contributed by atoms with E-state index in [0.717, 1.165) is 13.0 Å². The number of hydrogen-bond donors (Lipinski definition) is 1. The molecule has 1 aromatic heterocycles. The molecule has 0 bridgehead atoms. The van der Waals surface area contributed by atoms with E-state index in [1.165, 1.54) is 27.9 Å². The van der Waals surface area contributed by atoms with Crippen molar-refractivity contribution < 1.29 is 0 Å². The quantitative estimate of drug-likeness (QED) is 0.889. The van der Waals surface area contributed by atoms with Gasteiger partial charge in [0.2, 0.25) is 0 Å². The number of benzene rings is 1. The van der Waals surface area contributed by atoms with Gasteiger partial charge in [0, 0.05) is 24.4 Å². The molecule has 0 aliphatic heterocycles. The van der Waals surface area contributed by atoms with E-state index in [0.29, 0.717) is 6.04 Å². The molecule has 0 radical (unpaired) electrons. The molecular formula is C18H24N2. The molecular weight excluding hydrogens is 244 g/mol. The number of aryl methyl sites for hydroxylation is 3. The van der Waals surface area contributed by atoms with Crippen molar-refractivity contribution in [2.24, 2.45) is 0 Å². The fourth-order valence-electron chi connectivity index (χ4n) is 2.46. The molecule has 2 nitrogen and oxygen atoms in total. The first kappa shape index (κ1) is 14.7. The zero-order valence-electron chi connectivity index (χ0n) is 12.9. The minimum absolute atomic E-state index is 0.327. The highest BCUT2D eigenvalue weighted by atomic mass is 14.9. The highest BCUT2D eigenvalue weighted by Crippen LogP contribution is 2.21. The van der Waals surface area contributed by atoms with Crippen LogP contribution in [0.3, 0.4) is 0 Å². The monoisotopic (exact) mass is 268 g/mol. The Bertz CT molecular complexity index is 575. The third kappa shape index (κ3) is 3.45. The highest BCUT2D eigenvalue weighted by molar-refractivity contribution is 5.33. The molecule has 2 rings (SSSR count). The lowest BCUT2D eigenvalue weighted by Crippen LogP contribution is -2.23. The van der Waals surface area contributed by atoms with Gasteiger partial charge in [-0.25, -0.2) is 0 Å². The van der Waals surface area contributed by atoms with Crippen LogP contribution in [0.2, 0.25) is 0 Å². The predicted octanol–water partition coefficient (Wildman–Crippen LogP) is 3.90. The van der Waals surface area contributed by atoms with Gasteiger partial charge < -0.3 is 5.32 Å². The minimum atomic E-state index is 0.327. The van der Waals surface area contributed by atoms with Crippen LogP contribution in [-0.2, 0) is 6.42 Å². The molecule has 0 aliphatic carbocycles. The standard InChI is InChI=1S/C18H24N2/c1-5-19-18(12-17-14(3)7-6-10-20-17)16-9-8-13(2)15(4)11-16/h6-11,18-19H,5,12H2,1-4H3. The number of pyridine rings is 1. The Kier molecular flexibility index (Phi) is 4.91. The first-order chi connectivity index (χ1) is 9.61. The molecule has 106 valence electrons. The number of aromatic nitrogens is 1. The number of likely N-dealkylation sites (N-methyl/N-ethyl adjacent to an activating group) is 1. The van der Waals surface area contributed by atoms with Crippen LogP contribution >= 0.6 is 0 Å². The fourth-order valence-corrected chi connectivity index (χ4v) is 2.46. The Labute approximate surface area is 122 Å². The maximum absolute atomic E-state index is 4.53. The zero-order valence-corrected chi connectivity index (χ0v) is 12.9. The van der Waals surface area contributed by atoms with E-state index in [2.05, 4.69) is 62.3 Å². The van der Waals surface area contributed by atoms with Gasteiger partial charge in [-0.15, -0.1) is 0 Å². The van der Waals surface area contributed by atoms with Crippen LogP contribution in [0.15, 0.2) is 36.5 Å². The van der Waals surface area contributed by atoms with Crippen LogP contribution in [0.1, 0.15) is 40.9 Å². The number of nitrogens with one attached hydrogen (secondary N) is 1. The number of nitrogens with zero attached hydrogens (tertiary/aromatic N) is 1. The molecule has 0 spiro atoms. The van der Waals surface area contributed by atoms with E-state index in [-0.39, 0.29) is 0 Å². The third-order valence-electron chi connectivity index (χ3n) is 3.90. The molecule has 2 heteroatoms. The lowest BCUT2D eigenvalue weighted by Gasteiger charge is -2.20. The van der Waals surface area contributed by atoms with E-state index < -0.39 is 0 Å². The van der Waals surface area contributed by atoms with Crippen molar-refractivity contribution in [2.75, 3.05) is 6.54 Å². The van der Waals surface area contributed by atoms with Gasteiger partial charge >= 0.3 is 0 Å². The second kappa shape index (κ2) is 6.67. The summed E-state index contributed by atoms with van der Waals surface area (Å²) in [6.45, 7) is 9.58. The highest BCUT2D eigenvalue weighted by Gasteiger charge is 2.13. The van der Waals surface area contributed by atoms with Gasteiger partial charge in [0.05, 0.1) is 0 Å². The van der Waals surface area contributed by atoms with Crippen molar-refractivity contribution in [3.8, 4) is 0 Å². The molecule has 1 heterocycles. The molecule has 1 N–H and O–H groups in total. The van der Waals surface area contributed by atoms with Gasteiger partial charge in [-0.1, -0.05) is 31.2 Å². The van der Waals surface area contributed by atoms with Crippen molar-refractivity contribution >= 4 is 0 Å². The summed E-state index contributed by atoms with van der Waals surface area (Å²) < 4.78 is 0. The smallest absolute Gasteiger partial charge is 0.0451 e. The van der Waals surface area contributed by atoms with E-state index in [1.54, 1.807) is 0 Å². The largest absolute Gasteiger partial charge is 0.310 e. The van der Waals surface area contributed by atoms with Gasteiger partial charge in [0.25, 0.3) is 0 Å². The maximum atomic E-state index is 4.53. The summed E-state index contributed by atoms with van der Waals surface area (Å²) in [4.78, 5) is 4.53. The molecule has 1 unspecified atom stereocenters. The van der Waals surface area contributed by atoms with Crippen LogP contribution < -0.4 is 5.32 Å². The normalized spacial score (nSPS) is 12.4. The maximum Gasteiger partial charge on any atom is 0.0451 e.